The van der Waals surface area contributed by atoms with E-state index in [2.05, 4.69) is 10.6 Å². The van der Waals surface area contributed by atoms with Crippen molar-refractivity contribution in [2.45, 2.75) is 20.3 Å². The van der Waals surface area contributed by atoms with Gasteiger partial charge in [0.1, 0.15) is 0 Å². The number of nitrogens with one attached hydrogen (secondary N) is 2. The Morgan fingerprint density at radius 1 is 1.19 bits per heavy atom. The summed E-state index contributed by atoms with van der Waals surface area (Å²) in [7, 11) is 1.76. The first-order valence-corrected chi connectivity index (χ1v) is 8.46. The molecule has 0 unspecified atom stereocenters. The van der Waals surface area contributed by atoms with Gasteiger partial charge in [0.25, 0.3) is 5.91 Å². The highest BCUT2D eigenvalue weighted by Gasteiger charge is 2.26. The zero-order chi connectivity index (χ0) is 18.8. The van der Waals surface area contributed by atoms with Crippen LogP contribution in [0.3, 0.4) is 0 Å². The molecular weight excluding hydrogens is 328 g/mol. The van der Waals surface area contributed by atoms with Gasteiger partial charge in [-0.05, 0) is 49.4 Å². The van der Waals surface area contributed by atoms with Gasteiger partial charge in [-0.1, -0.05) is 6.92 Å². The van der Waals surface area contributed by atoms with Gasteiger partial charge in [-0.3, -0.25) is 9.59 Å². The largest absolute Gasteiger partial charge is 0.399 e. The van der Waals surface area contributed by atoms with Gasteiger partial charge < -0.3 is 21.3 Å². The van der Waals surface area contributed by atoms with Crippen LogP contribution >= 0.6 is 0 Å². The fourth-order valence-corrected chi connectivity index (χ4v) is 2.99. The van der Waals surface area contributed by atoms with Crippen LogP contribution in [0.4, 0.5) is 22.7 Å². The molecule has 0 aromatic heterocycles. The summed E-state index contributed by atoms with van der Waals surface area (Å²) in [5, 5.41) is 6.11. The van der Waals surface area contributed by atoms with Crippen LogP contribution in [0.1, 0.15) is 25.8 Å². The minimum Gasteiger partial charge on any atom is -0.399 e. The third kappa shape index (κ3) is 3.26. The first-order chi connectivity index (χ1) is 12.4. The van der Waals surface area contributed by atoms with E-state index in [0.29, 0.717) is 17.7 Å². The van der Waals surface area contributed by atoms with Crippen LogP contribution in [0, 0.1) is 0 Å². The van der Waals surface area contributed by atoms with Gasteiger partial charge in [-0.15, -0.1) is 0 Å². The second kappa shape index (κ2) is 6.92. The third-order valence-corrected chi connectivity index (χ3v) is 4.43. The van der Waals surface area contributed by atoms with Gasteiger partial charge in [0, 0.05) is 47.5 Å². The molecule has 0 spiro atoms. The van der Waals surface area contributed by atoms with Gasteiger partial charge in [0.2, 0.25) is 5.91 Å². The molecule has 3 rings (SSSR count). The highest BCUT2D eigenvalue weighted by Crippen LogP contribution is 2.35. The Morgan fingerprint density at radius 3 is 2.54 bits per heavy atom. The third-order valence-electron chi connectivity index (χ3n) is 4.43. The lowest BCUT2D eigenvalue weighted by Crippen LogP contribution is -2.24. The highest BCUT2D eigenvalue weighted by molar-refractivity contribution is 6.32. The normalized spacial score (nSPS) is 14.5. The number of nitrogens with two attached hydrogens (primary N) is 1. The predicted molar refractivity (Wildman–Crippen MR) is 106 cm³/mol. The Morgan fingerprint density at radius 2 is 1.88 bits per heavy atom. The number of benzene rings is 2. The van der Waals surface area contributed by atoms with E-state index in [1.807, 2.05) is 38.1 Å². The number of carbonyl (C=O) groups excluding carboxylic acids is 2. The van der Waals surface area contributed by atoms with Gasteiger partial charge >= 0.3 is 0 Å². The Hall–Kier alpha value is -3.28. The first-order valence-electron chi connectivity index (χ1n) is 8.46. The number of rotatable bonds is 4. The molecule has 0 aliphatic carbocycles. The van der Waals surface area contributed by atoms with E-state index in [9.17, 15) is 9.59 Å². The van der Waals surface area contributed by atoms with E-state index in [-0.39, 0.29) is 11.8 Å². The SMILES string of the molecule is CCC(=O)N(C)c1ccc(N/C(C)=C2\C(=O)Nc3ccc(N)cc32)cc1. The van der Waals surface area contributed by atoms with Crippen LogP contribution in [-0.4, -0.2) is 18.9 Å². The van der Waals surface area contributed by atoms with E-state index in [1.54, 1.807) is 30.1 Å². The summed E-state index contributed by atoms with van der Waals surface area (Å²) in [5.41, 5.74) is 11.0. The smallest absolute Gasteiger partial charge is 0.258 e. The molecule has 6 heteroatoms. The predicted octanol–water partition coefficient (Wildman–Crippen LogP) is 3.44. The average molecular weight is 350 g/mol. The molecule has 1 heterocycles. The minimum absolute atomic E-state index is 0.0563. The molecule has 6 nitrogen and oxygen atoms in total. The Balaban J connectivity index is 1.85. The lowest BCUT2D eigenvalue weighted by Gasteiger charge is -2.17. The molecule has 0 radical (unpaired) electrons. The Labute approximate surface area is 152 Å². The molecule has 2 aromatic rings. The standard InChI is InChI=1S/C20H22N4O2/c1-4-18(25)24(3)15-8-6-14(7-9-15)22-12(2)19-16-11-13(21)5-10-17(16)23-20(19)26/h5-11,22H,4,21H2,1-3H3,(H,23,26)/b19-12-. The van der Waals surface area contributed by atoms with Crippen molar-refractivity contribution in [1.82, 2.24) is 0 Å². The second-order valence-electron chi connectivity index (χ2n) is 6.24. The van der Waals surface area contributed by atoms with Crippen LogP contribution in [0.25, 0.3) is 5.57 Å². The molecule has 134 valence electrons. The number of hydrogen-bond donors (Lipinski definition) is 3. The van der Waals surface area contributed by atoms with Crippen molar-refractivity contribution in [3.63, 3.8) is 0 Å². The van der Waals surface area contributed by atoms with Crippen LogP contribution in [0.15, 0.2) is 48.2 Å². The maximum atomic E-state index is 12.3. The highest BCUT2D eigenvalue weighted by atomic mass is 16.2. The molecule has 1 aliphatic rings. The second-order valence-corrected chi connectivity index (χ2v) is 6.24. The number of carbonyl (C=O) groups is 2. The zero-order valence-electron chi connectivity index (χ0n) is 15.1. The maximum absolute atomic E-state index is 12.3. The van der Waals surface area contributed by atoms with Crippen molar-refractivity contribution in [3.05, 3.63) is 53.7 Å². The minimum atomic E-state index is -0.152. The van der Waals surface area contributed by atoms with Crippen LogP contribution in [0.5, 0.6) is 0 Å². The summed E-state index contributed by atoms with van der Waals surface area (Å²) >= 11 is 0. The maximum Gasteiger partial charge on any atom is 0.258 e. The summed E-state index contributed by atoms with van der Waals surface area (Å²) in [6.07, 6.45) is 0.458. The van der Waals surface area contributed by atoms with Gasteiger partial charge in [-0.2, -0.15) is 0 Å². The number of amides is 2. The summed E-state index contributed by atoms with van der Waals surface area (Å²) in [6.45, 7) is 3.69. The van der Waals surface area contributed by atoms with Crippen LogP contribution in [0.2, 0.25) is 0 Å². The summed E-state index contributed by atoms with van der Waals surface area (Å²) in [4.78, 5) is 25.7. The summed E-state index contributed by atoms with van der Waals surface area (Å²) in [6, 6.07) is 12.9. The van der Waals surface area contributed by atoms with Crippen molar-refractivity contribution < 1.29 is 9.59 Å². The fraction of sp³-hybridized carbons (Fsp3) is 0.200. The first kappa shape index (κ1) is 17.5. The quantitative estimate of drug-likeness (QED) is 0.582. The summed E-state index contributed by atoms with van der Waals surface area (Å²) < 4.78 is 0. The van der Waals surface area contributed by atoms with Crippen molar-refractivity contribution in [2.75, 3.05) is 28.3 Å². The summed E-state index contributed by atoms with van der Waals surface area (Å²) in [5.74, 6) is -0.0960. The molecule has 1 aliphatic heterocycles. The number of anilines is 4. The van der Waals surface area contributed by atoms with Gasteiger partial charge in [0.15, 0.2) is 0 Å². The number of nitrogens with zero attached hydrogens (tertiary/aromatic N) is 1. The Bertz CT molecular complexity index is 901. The van der Waals surface area contributed by atoms with E-state index in [1.165, 1.54) is 0 Å². The van der Waals surface area contributed by atoms with Gasteiger partial charge in [0.05, 0.1) is 5.57 Å². The zero-order valence-corrected chi connectivity index (χ0v) is 15.1. The van der Waals surface area contributed by atoms with Crippen molar-refractivity contribution in [1.29, 1.82) is 0 Å². The van der Waals surface area contributed by atoms with Crippen molar-refractivity contribution in [2.24, 2.45) is 0 Å². The number of allylic oxidation sites excluding steroid dienone is 1. The molecule has 0 fully saturated rings. The topological polar surface area (TPSA) is 87.5 Å². The molecule has 0 atom stereocenters. The molecule has 0 saturated heterocycles. The lowest BCUT2D eigenvalue weighted by molar-refractivity contribution is -0.118. The molecule has 2 amide bonds. The lowest BCUT2D eigenvalue weighted by atomic mass is 10.0. The van der Waals surface area contributed by atoms with Crippen LogP contribution < -0.4 is 21.3 Å². The fourth-order valence-electron chi connectivity index (χ4n) is 2.99. The van der Waals surface area contributed by atoms with E-state index in [0.717, 1.165) is 28.3 Å². The molecular formula is C20H22N4O2. The van der Waals surface area contributed by atoms with E-state index >= 15 is 0 Å². The van der Waals surface area contributed by atoms with Crippen molar-refractivity contribution in [3.8, 4) is 0 Å². The number of nitrogen functional groups attached to an aromatic ring is 1. The molecule has 2 aromatic carbocycles. The van der Waals surface area contributed by atoms with E-state index < -0.39 is 0 Å². The number of hydrogen-bond acceptors (Lipinski definition) is 4. The average Bonchev–Trinajstić information content (AvgIpc) is 2.96. The molecule has 0 bridgehead atoms. The van der Waals surface area contributed by atoms with Crippen LogP contribution in [-0.2, 0) is 9.59 Å². The monoisotopic (exact) mass is 350 g/mol. The molecule has 26 heavy (non-hydrogen) atoms. The van der Waals surface area contributed by atoms with Crippen molar-refractivity contribution >= 4 is 40.1 Å². The Kier molecular flexibility index (Phi) is 4.67. The van der Waals surface area contributed by atoms with E-state index in [4.69, 9.17) is 5.73 Å². The van der Waals surface area contributed by atoms with Gasteiger partial charge in [-0.25, -0.2) is 0 Å². The number of fused-ring (bicyclic) bond motifs is 1. The molecule has 4 N–H and O–H groups in total. The molecule has 0 saturated carbocycles.